The first kappa shape index (κ1) is 15.6. The molecule has 0 radical (unpaired) electrons. The summed E-state index contributed by atoms with van der Waals surface area (Å²) >= 11 is 0. The van der Waals surface area contributed by atoms with E-state index < -0.39 is 0 Å². The highest BCUT2D eigenvalue weighted by Crippen LogP contribution is 2.35. The Bertz CT molecular complexity index is 499. The van der Waals surface area contributed by atoms with Gasteiger partial charge in [0.25, 0.3) is 5.69 Å². The highest BCUT2D eigenvalue weighted by Gasteiger charge is 2.28. The number of nitro groups is 1. The lowest BCUT2D eigenvalue weighted by Gasteiger charge is -2.36. The Hall–Kier alpha value is -1.82. The van der Waals surface area contributed by atoms with Crippen LogP contribution in [0.1, 0.15) is 32.6 Å². The topological polar surface area (TPSA) is 81.6 Å². The van der Waals surface area contributed by atoms with E-state index in [9.17, 15) is 10.1 Å². The summed E-state index contributed by atoms with van der Waals surface area (Å²) in [5.74, 6) is 0.507. The molecule has 6 nitrogen and oxygen atoms in total. The van der Waals surface area contributed by atoms with E-state index in [2.05, 4.69) is 4.90 Å². The van der Waals surface area contributed by atoms with Gasteiger partial charge in [-0.2, -0.15) is 0 Å². The van der Waals surface area contributed by atoms with Gasteiger partial charge >= 0.3 is 0 Å². The van der Waals surface area contributed by atoms with Crippen molar-refractivity contribution in [1.29, 1.82) is 0 Å². The van der Waals surface area contributed by atoms with Crippen LogP contribution in [0, 0.1) is 10.1 Å². The summed E-state index contributed by atoms with van der Waals surface area (Å²) in [5.41, 5.74) is 6.72. The molecule has 1 aliphatic carbocycles. The van der Waals surface area contributed by atoms with Gasteiger partial charge in [0, 0.05) is 18.6 Å². The summed E-state index contributed by atoms with van der Waals surface area (Å²) < 4.78 is 5.09. The molecule has 0 bridgehead atoms. The van der Waals surface area contributed by atoms with Gasteiger partial charge in [-0.05, 0) is 44.7 Å². The van der Waals surface area contributed by atoms with Crippen LogP contribution in [0.2, 0.25) is 0 Å². The van der Waals surface area contributed by atoms with Crippen molar-refractivity contribution in [2.24, 2.45) is 5.73 Å². The molecule has 1 aliphatic rings. The van der Waals surface area contributed by atoms with Crippen LogP contribution in [0.5, 0.6) is 5.75 Å². The van der Waals surface area contributed by atoms with Crippen LogP contribution < -0.4 is 15.4 Å². The van der Waals surface area contributed by atoms with Crippen molar-refractivity contribution in [1.82, 2.24) is 0 Å². The number of rotatable bonds is 5. The van der Waals surface area contributed by atoms with Crippen molar-refractivity contribution < 1.29 is 9.66 Å². The SMILES string of the molecule is CCN(c1ccc(OC)cc1[N+](=O)[O-])C1CCC(N)CC1. The highest BCUT2D eigenvalue weighted by molar-refractivity contribution is 5.66. The van der Waals surface area contributed by atoms with Crippen LogP contribution in [0.15, 0.2) is 18.2 Å². The smallest absolute Gasteiger partial charge is 0.296 e. The maximum absolute atomic E-state index is 11.3. The zero-order valence-corrected chi connectivity index (χ0v) is 12.6. The van der Waals surface area contributed by atoms with Gasteiger partial charge in [-0.1, -0.05) is 0 Å². The number of nitrogens with zero attached hydrogens (tertiary/aromatic N) is 2. The molecule has 2 N–H and O–H groups in total. The Balaban J connectivity index is 2.31. The van der Waals surface area contributed by atoms with E-state index in [-0.39, 0.29) is 16.7 Å². The molecule has 0 heterocycles. The van der Waals surface area contributed by atoms with Gasteiger partial charge in [0.2, 0.25) is 0 Å². The second-order valence-electron chi connectivity index (χ2n) is 5.47. The first-order valence-electron chi connectivity index (χ1n) is 7.41. The van der Waals surface area contributed by atoms with Crippen LogP contribution in [0.4, 0.5) is 11.4 Å². The van der Waals surface area contributed by atoms with Gasteiger partial charge < -0.3 is 15.4 Å². The van der Waals surface area contributed by atoms with E-state index >= 15 is 0 Å². The highest BCUT2D eigenvalue weighted by atomic mass is 16.6. The summed E-state index contributed by atoms with van der Waals surface area (Å²) in [6, 6.07) is 5.65. The minimum Gasteiger partial charge on any atom is -0.496 e. The average Bonchev–Trinajstić information content (AvgIpc) is 2.50. The third kappa shape index (κ3) is 3.44. The van der Waals surface area contributed by atoms with Crippen LogP contribution in [-0.4, -0.2) is 30.7 Å². The molecule has 0 aromatic heterocycles. The van der Waals surface area contributed by atoms with Crippen molar-refractivity contribution >= 4 is 11.4 Å². The minimum atomic E-state index is -0.338. The zero-order valence-electron chi connectivity index (χ0n) is 12.6. The predicted molar refractivity (Wildman–Crippen MR) is 82.9 cm³/mol. The predicted octanol–water partition coefficient (Wildman–Crippen LogP) is 2.70. The molecule has 116 valence electrons. The van der Waals surface area contributed by atoms with E-state index in [0.717, 1.165) is 32.2 Å². The number of ether oxygens (including phenoxy) is 1. The minimum absolute atomic E-state index is 0.103. The molecule has 0 aliphatic heterocycles. The largest absolute Gasteiger partial charge is 0.496 e. The third-order valence-corrected chi connectivity index (χ3v) is 4.21. The molecule has 0 unspecified atom stereocenters. The monoisotopic (exact) mass is 293 g/mol. The number of anilines is 1. The van der Waals surface area contributed by atoms with E-state index in [0.29, 0.717) is 17.5 Å². The summed E-state index contributed by atoms with van der Waals surface area (Å²) in [7, 11) is 1.51. The van der Waals surface area contributed by atoms with E-state index in [1.54, 1.807) is 12.1 Å². The standard InChI is InChI=1S/C15H23N3O3/c1-3-17(12-6-4-11(16)5-7-12)14-9-8-13(21-2)10-15(14)18(19)20/h8-12H,3-7,16H2,1-2H3. The molecule has 21 heavy (non-hydrogen) atoms. The van der Waals surface area contributed by atoms with Crippen molar-refractivity contribution in [3.8, 4) is 5.75 Å². The number of benzene rings is 1. The molecule has 1 aromatic rings. The number of methoxy groups -OCH3 is 1. The second-order valence-corrected chi connectivity index (χ2v) is 5.47. The molecule has 2 rings (SSSR count). The number of hydrogen-bond acceptors (Lipinski definition) is 5. The fraction of sp³-hybridized carbons (Fsp3) is 0.600. The van der Waals surface area contributed by atoms with Gasteiger partial charge in [-0.3, -0.25) is 10.1 Å². The maximum atomic E-state index is 11.3. The molecular formula is C15H23N3O3. The van der Waals surface area contributed by atoms with Crippen LogP contribution >= 0.6 is 0 Å². The van der Waals surface area contributed by atoms with Crippen LogP contribution in [-0.2, 0) is 0 Å². The van der Waals surface area contributed by atoms with Crippen LogP contribution in [0.3, 0.4) is 0 Å². The van der Waals surface area contributed by atoms with Gasteiger partial charge in [0.1, 0.15) is 11.4 Å². The average molecular weight is 293 g/mol. The Morgan fingerprint density at radius 2 is 2.05 bits per heavy atom. The lowest BCUT2D eigenvalue weighted by Crippen LogP contribution is -2.41. The number of nitro benzene ring substituents is 1. The summed E-state index contributed by atoms with van der Waals surface area (Å²) in [4.78, 5) is 13.1. The zero-order chi connectivity index (χ0) is 15.4. The van der Waals surface area contributed by atoms with Gasteiger partial charge in [0.05, 0.1) is 18.1 Å². The number of hydrogen-bond donors (Lipinski definition) is 1. The van der Waals surface area contributed by atoms with Gasteiger partial charge in [-0.15, -0.1) is 0 Å². The Morgan fingerprint density at radius 1 is 1.38 bits per heavy atom. The van der Waals surface area contributed by atoms with Crippen molar-refractivity contribution in [2.75, 3.05) is 18.6 Å². The van der Waals surface area contributed by atoms with E-state index in [1.807, 2.05) is 6.92 Å². The molecule has 1 fully saturated rings. The lowest BCUT2D eigenvalue weighted by molar-refractivity contribution is -0.384. The molecule has 0 spiro atoms. The Morgan fingerprint density at radius 3 is 2.57 bits per heavy atom. The van der Waals surface area contributed by atoms with Gasteiger partial charge in [-0.25, -0.2) is 0 Å². The molecule has 0 amide bonds. The lowest BCUT2D eigenvalue weighted by atomic mass is 9.90. The third-order valence-electron chi connectivity index (χ3n) is 4.21. The fourth-order valence-electron chi connectivity index (χ4n) is 3.06. The molecule has 6 heteroatoms. The first-order valence-corrected chi connectivity index (χ1v) is 7.41. The summed E-state index contributed by atoms with van der Waals surface area (Å²) in [5, 5.41) is 11.3. The quantitative estimate of drug-likeness (QED) is 0.666. The maximum Gasteiger partial charge on any atom is 0.296 e. The summed E-state index contributed by atoms with van der Waals surface area (Å²) in [6.07, 6.45) is 3.92. The Labute approximate surface area is 125 Å². The molecular weight excluding hydrogens is 270 g/mol. The van der Waals surface area contributed by atoms with Crippen molar-refractivity contribution in [2.45, 2.75) is 44.7 Å². The van der Waals surface area contributed by atoms with E-state index in [1.165, 1.54) is 13.2 Å². The molecule has 0 saturated heterocycles. The summed E-state index contributed by atoms with van der Waals surface area (Å²) in [6.45, 7) is 2.77. The van der Waals surface area contributed by atoms with E-state index in [4.69, 9.17) is 10.5 Å². The van der Waals surface area contributed by atoms with Crippen LogP contribution in [0.25, 0.3) is 0 Å². The first-order chi connectivity index (χ1) is 10.1. The number of nitrogens with two attached hydrogens (primary N) is 1. The van der Waals surface area contributed by atoms with Crippen molar-refractivity contribution in [3.05, 3.63) is 28.3 Å². The molecule has 1 aromatic carbocycles. The Kier molecular flexibility index (Phi) is 5.01. The molecule has 1 saturated carbocycles. The normalized spacial score (nSPS) is 21.9. The second kappa shape index (κ2) is 6.76. The molecule has 0 atom stereocenters. The van der Waals surface area contributed by atoms with Crippen molar-refractivity contribution in [3.63, 3.8) is 0 Å². The fourth-order valence-corrected chi connectivity index (χ4v) is 3.06. The van der Waals surface area contributed by atoms with Gasteiger partial charge in [0.15, 0.2) is 0 Å².